The maximum absolute atomic E-state index is 12.5. The fraction of sp³-hybridized carbons (Fsp3) is 0.300. The van der Waals surface area contributed by atoms with Gasteiger partial charge in [-0.05, 0) is 23.8 Å². The maximum atomic E-state index is 12.5. The molecule has 1 aromatic carbocycles. The van der Waals surface area contributed by atoms with Gasteiger partial charge in [-0.3, -0.25) is 0 Å². The minimum atomic E-state index is -4.69. The Kier molecular flexibility index (Phi) is 4.20. The minimum Gasteiger partial charge on any atom is -0.479 e. The Morgan fingerprint density at radius 1 is 1.22 bits per heavy atom. The van der Waals surface area contributed by atoms with E-state index >= 15 is 0 Å². The van der Waals surface area contributed by atoms with Crippen molar-refractivity contribution in [3.63, 3.8) is 0 Å². The average molecular weight is 285 g/mol. The zero-order valence-electron chi connectivity index (χ0n) is 8.65. The number of carboxylic acids is 1. The molecule has 18 heavy (non-hydrogen) atoms. The summed E-state index contributed by atoms with van der Waals surface area (Å²) >= 11 is 5.44. The van der Waals surface area contributed by atoms with Gasteiger partial charge < -0.3 is 15.3 Å². The summed E-state index contributed by atoms with van der Waals surface area (Å²) in [6, 6.07) is 2.11. The van der Waals surface area contributed by atoms with Gasteiger partial charge in [-0.1, -0.05) is 11.6 Å². The van der Waals surface area contributed by atoms with E-state index in [1.807, 2.05) is 0 Å². The van der Waals surface area contributed by atoms with Gasteiger partial charge in [-0.15, -0.1) is 0 Å². The highest BCUT2D eigenvalue weighted by molar-refractivity contribution is 6.30. The fourth-order valence-electron chi connectivity index (χ4n) is 1.26. The van der Waals surface area contributed by atoms with Gasteiger partial charge in [-0.2, -0.15) is 13.2 Å². The molecule has 0 aliphatic carbocycles. The number of aliphatic hydroxyl groups is 2. The van der Waals surface area contributed by atoms with Gasteiger partial charge >= 0.3 is 12.1 Å². The van der Waals surface area contributed by atoms with Crippen LogP contribution in [-0.4, -0.2) is 27.4 Å². The number of carboxylic acid groups (broad SMARTS) is 1. The summed E-state index contributed by atoms with van der Waals surface area (Å²) in [5.41, 5.74) is -1.56. The highest BCUT2D eigenvalue weighted by atomic mass is 35.5. The van der Waals surface area contributed by atoms with Crippen LogP contribution in [0.3, 0.4) is 0 Å². The first-order chi connectivity index (χ1) is 8.12. The van der Waals surface area contributed by atoms with Crippen LogP contribution < -0.4 is 0 Å². The summed E-state index contributed by atoms with van der Waals surface area (Å²) in [6.45, 7) is 0. The molecule has 1 rings (SSSR count). The Balaban J connectivity index is 3.18. The molecule has 8 heteroatoms. The first-order valence-electron chi connectivity index (χ1n) is 4.59. The molecular weight excluding hydrogens is 277 g/mol. The summed E-state index contributed by atoms with van der Waals surface area (Å²) < 4.78 is 37.4. The Hall–Kier alpha value is -1.31. The van der Waals surface area contributed by atoms with Gasteiger partial charge in [0.15, 0.2) is 6.10 Å². The number of aliphatic hydroxyl groups excluding tert-OH is 2. The standard InChI is InChI=1S/C10H8ClF3O4/c11-6-2-4(7(15)8(16)9(17)18)1-5(3-6)10(12,13)14/h1-3,7-8,15-16H,(H,17,18). The predicted molar refractivity (Wildman–Crippen MR) is 55.1 cm³/mol. The van der Waals surface area contributed by atoms with Gasteiger partial charge in [0, 0.05) is 5.02 Å². The van der Waals surface area contributed by atoms with Crippen molar-refractivity contribution in [2.45, 2.75) is 18.4 Å². The zero-order valence-corrected chi connectivity index (χ0v) is 9.40. The molecule has 1 aromatic rings. The molecule has 0 amide bonds. The van der Waals surface area contributed by atoms with Crippen molar-refractivity contribution in [1.82, 2.24) is 0 Å². The average Bonchev–Trinajstić information content (AvgIpc) is 2.24. The minimum absolute atomic E-state index is 0.323. The number of halogens is 4. The molecule has 100 valence electrons. The number of rotatable bonds is 3. The molecule has 0 aliphatic rings. The van der Waals surface area contributed by atoms with Gasteiger partial charge in [0.1, 0.15) is 6.10 Å². The van der Waals surface area contributed by atoms with E-state index in [0.29, 0.717) is 12.1 Å². The Labute approximate surface area is 104 Å². The predicted octanol–water partition coefficient (Wildman–Crippen LogP) is 1.84. The van der Waals surface area contributed by atoms with Crippen molar-refractivity contribution >= 4 is 17.6 Å². The van der Waals surface area contributed by atoms with Crippen LogP contribution in [0.25, 0.3) is 0 Å². The molecule has 0 aliphatic heterocycles. The molecule has 0 saturated heterocycles. The van der Waals surface area contributed by atoms with Crippen LogP contribution >= 0.6 is 11.6 Å². The Bertz CT molecular complexity index is 461. The third-order valence-electron chi connectivity index (χ3n) is 2.14. The number of hydrogen-bond acceptors (Lipinski definition) is 3. The second-order valence-corrected chi connectivity index (χ2v) is 3.94. The van der Waals surface area contributed by atoms with Gasteiger partial charge in [-0.25, -0.2) is 4.79 Å². The van der Waals surface area contributed by atoms with Crippen molar-refractivity contribution < 1.29 is 33.3 Å². The topological polar surface area (TPSA) is 77.8 Å². The van der Waals surface area contributed by atoms with E-state index in [1.54, 1.807) is 0 Å². The third-order valence-corrected chi connectivity index (χ3v) is 2.36. The summed E-state index contributed by atoms with van der Waals surface area (Å²) in [5, 5.41) is 26.6. The van der Waals surface area contributed by atoms with E-state index in [1.165, 1.54) is 0 Å². The lowest BCUT2D eigenvalue weighted by Crippen LogP contribution is -2.27. The first-order valence-corrected chi connectivity index (χ1v) is 4.97. The molecule has 0 spiro atoms. The van der Waals surface area contributed by atoms with Gasteiger partial charge in [0.05, 0.1) is 5.56 Å². The summed E-state index contributed by atoms with van der Waals surface area (Å²) in [7, 11) is 0. The quantitative estimate of drug-likeness (QED) is 0.791. The van der Waals surface area contributed by atoms with E-state index in [2.05, 4.69) is 0 Å². The lowest BCUT2D eigenvalue weighted by atomic mass is 10.0. The lowest BCUT2D eigenvalue weighted by molar-refractivity contribution is -0.153. The molecule has 2 atom stereocenters. The summed E-state index contributed by atoms with van der Waals surface area (Å²) in [5.74, 6) is -1.75. The van der Waals surface area contributed by atoms with Crippen LogP contribution in [0.2, 0.25) is 5.02 Å². The van der Waals surface area contributed by atoms with Crippen LogP contribution in [0, 0.1) is 0 Å². The van der Waals surface area contributed by atoms with Crippen LogP contribution in [0.1, 0.15) is 17.2 Å². The van der Waals surface area contributed by atoms with Crippen LogP contribution in [0.4, 0.5) is 13.2 Å². The number of benzene rings is 1. The molecule has 0 bridgehead atoms. The first kappa shape index (κ1) is 14.7. The van der Waals surface area contributed by atoms with E-state index < -0.39 is 35.5 Å². The molecule has 0 radical (unpaired) electrons. The maximum Gasteiger partial charge on any atom is 0.416 e. The van der Waals surface area contributed by atoms with E-state index in [0.717, 1.165) is 6.07 Å². The second-order valence-electron chi connectivity index (χ2n) is 3.50. The molecular formula is C10H8ClF3O4. The number of aliphatic carboxylic acids is 1. The Morgan fingerprint density at radius 2 is 1.78 bits per heavy atom. The van der Waals surface area contributed by atoms with E-state index in [-0.39, 0.29) is 5.02 Å². The molecule has 0 aromatic heterocycles. The third kappa shape index (κ3) is 3.34. The highest BCUT2D eigenvalue weighted by Gasteiger charge is 2.33. The van der Waals surface area contributed by atoms with Gasteiger partial charge in [0.2, 0.25) is 0 Å². The van der Waals surface area contributed by atoms with Crippen molar-refractivity contribution in [1.29, 1.82) is 0 Å². The Morgan fingerprint density at radius 3 is 2.22 bits per heavy atom. The van der Waals surface area contributed by atoms with Crippen LogP contribution in [0.5, 0.6) is 0 Å². The van der Waals surface area contributed by atoms with Gasteiger partial charge in [0.25, 0.3) is 0 Å². The monoisotopic (exact) mass is 284 g/mol. The lowest BCUT2D eigenvalue weighted by Gasteiger charge is -2.16. The summed E-state index contributed by atoms with van der Waals surface area (Å²) in [4.78, 5) is 10.4. The molecule has 3 N–H and O–H groups in total. The molecule has 2 unspecified atom stereocenters. The van der Waals surface area contributed by atoms with Crippen molar-refractivity contribution in [3.8, 4) is 0 Å². The second kappa shape index (κ2) is 5.13. The fourth-order valence-corrected chi connectivity index (χ4v) is 1.51. The largest absolute Gasteiger partial charge is 0.479 e. The normalized spacial score (nSPS) is 15.2. The van der Waals surface area contributed by atoms with E-state index in [9.17, 15) is 23.1 Å². The SMILES string of the molecule is O=C(O)C(O)C(O)c1cc(Cl)cc(C(F)(F)F)c1. The van der Waals surface area contributed by atoms with E-state index in [4.69, 9.17) is 21.8 Å². The zero-order chi connectivity index (χ0) is 14.1. The van der Waals surface area contributed by atoms with Crippen molar-refractivity contribution in [3.05, 3.63) is 34.3 Å². The number of alkyl halides is 3. The molecule has 0 fully saturated rings. The number of carbonyl (C=O) groups is 1. The van der Waals surface area contributed by atoms with Crippen molar-refractivity contribution in [2.24, 2.45) is 0 Å². The molecule has 0 saturated carbocycles. The smallest absolute Gasteiger partial charge is 0.416 e. The molecule has 0 heterocycles. The number of hydrogen-bond donors (Lipinski definition) is 3. The molecule has 4 nitrogen and oxygen atoms in total. The van der Waals surface area contributed by atoms with Crippen LogP contribution in [0.15, 0.2) is 18.2 Å². The van der Waals surface area contributed by atoms with Crippen molar-refractivity contribution in [2.75, 3.05) is 0 Å². The summed E-state index contributed by atoms with van der Waals surface area (Å²) in [6.07, 6.45) is -8.92. The van der Waals surface area contributed by atoms with Crippen LogP contribution in [-0.2, 0) is 11.0 Å². The highest BCUT2D eigenvalue weighted by Crippen LogP contribution is 2.33.